The lowest BCUT2D eigenvalue weighted by molar-refractivity contribution is -0.206. The average Bonchev–Trinajstić information content (AvgIpc) is 2.19. The molecule has 1 aliphatic rings. The van der Waals surface area contributed by atoms with Crippen molar-refractivity contribution in [1.29, 1.82) is 0 Å². The topological polar surface area (TPSA) is 18.5 Å². The predicted molar refractivity (Wildman–Crippen MR) is 38.4 cm³/mol. The minimum absolute atomic E-state index is 0.381. The van der Waals surface area contributed by atoms with Gasteiger partial charge in [-0.2, -0.15) is 3.22 Å². The number of rotatable bonds is 2. The van der Waals surface area contributed by atoms with Gasteiger partial charge in [-0.25, -0.2) is 4.89 Å². The lowest BCUT2D eigenvalue weighted by Crippen LogP contribution is -2.03. The van der Waals surface area contributed by atoms with E-state index in [1.165, 1.54) is 25.7 Å². The third-order valence-corrected chi connectivity index (χ3v) is 1.68. The van der Waals surface area contributed by atoms with Gasteiger partial charge in [0, 0.05) is 0 Å². The van der Waals surface area contributed by atoms with Crippen LogP contribution >= 0.6 is 23.0 Å². The van der Waals surface area contributed by atoms with E-state index in [2.05, 4.69) is 3.22 Å². The van der Waals surface area contributed by atoms with Crippen LogP contribution in [0.3, 0.4) is 0 Å². The standard InChI is InChI=1S/C5H9IO2/c6-8-7-5-3-1-2-4-5/h5H,1-4H2. The van der Waals surface area contributed by atoms with Gasteiger partial charge in [-0.3, -0.25) is 0 Å². The molecule has 0 spiro atoms. The van der Waals surface area contributed by atoms with Crippen LogP contribution in [0.2, 0.25) is 0 Å². The van der Waals surface area contributed by atoms with Crippen molar-refractivity contribution in [3.8, 4) is 0 Å². The Kier molecular flexibility index (Phi) is 3.07. The SMILES string of the molecule is IOOC1CCCC1. The van der Waals surface area contributed by atoms with Gasteiger partial charge in [0.1, 0.15) is 0 Å². The predicted octanol–water partition coefficient (Wildman–Crippen LogP) is 2.23. The van der Waals surface area contributed by atoms with E-state index in [-0.39, 0.29) is 0 Å². The summed E-state index contributed by atoms with van der Waals surface area (Å²) >= 11 is 1.75. The van der Waals surface area contributed by atoms with Crippen molar-refractivity contribution in [2.24, 2.45) is 0 Å². The van der Waals surface area contributed by atoms with Crippen molar-refractivity contribution in [3.63, 3.8) is 0 Å². The average molecular weight is 228 g/mol. The van der Waals surface area contributed by atoms with Crippen molar-refractivity contribution in [2.45, 2.75) is 31.8 Å². The highest BCUT2D eigenvalue weighted by Crippen LogP contribution is 2.21. The summed E-state index contributed by atoms with van der Waals surface area (Å²) in [5.74, 6) is 0. The van der Waals surface area contributed by atoms with E-state index in [1.807, 2.05) is 0 Å². The molecule has 0 unspecified atom stereocenters. The first kappa shape index (κ1) is 6.77. The van der Waals surface area contributed by atoms with Crippen LogP contribution < -0.4 is 0 Å². The lowest BCUT2D eigenvalue weighted by Gasteiger charge is -2.02. The molecule has 0 atom stereocenters. The van der Waals surface area contributed by atoms with Crippen molar-refractivity contribution in [2.75, 3.05) is 0 Å². The molecule has 0 N–H and O–H groups in total. The highest BCUT2D eigenvalue weighted by molar-refractivity contribution is 14.1. The summed E-state index contributed by atoms with van der Waals surface area (Å²) in [6, 6.07) is 0. The number of hydrogen-bond acceptors (Lipinski definition) is 2. The lowest BCUT2D eigenvalue weighted by atomic mass is 10.3. The van der Waals surface area contributed by atoms with Gasteiger partial charge in [0.15, 0.2) is 23.0 Å². The van der Waals surface area contributed by atoms with Gasteiger partial charge in [-0.15, -0.1) is 0 Å². The van der Waals surface area contributed by atoms with Gasteiger partial charge >= 0.3 is 0 Å². The molecule has 0 aromatic heterocycles. The van der Waals surface area contributed by atoms with E-state index in [9.17, 15) is 0 Å². The Hall–Kier alpha value is 0.650. The van der Waals surface area contributed by atoms with Crippen molar-refractivity contribution < 1.29 is 8.10 Å². The molecule has 0 heterocycles. The van der Waals surface area contributed by atoms with E-state index in [0.717, 1.165) is 0 Å². The van der Waals surface area contributed by atoms with Crippen LogP contribution in [0.4, 0.5) is 0 Å². The minimum Gasteiger partial charge on any atom is -0.223 e. The van der Waals surface area contributed by atoms with Crippen LogP contribution in [0.25, 0.3) is 0 Å². The quantitative estimate of drug-likeness (QED) is 0.410. The van der Waals surface area contributed by atoms with E-state index < -0.39 is 0 Å². The Bertz CT molecular complexity index is 61.4. The molecule has 0 aromatic carbocycles. The summed E-state index contributed by atoms with van der Waals surface area (Å²) in [5, 5.41) is 0. The monoisotopic (exact) mass is 228 g/mol. The fraction of sp³-hybridized carbons (Fsp3) is 1.00. The van der Waals surface area contributed by atoms with E-state index in [1.54, 1.807) is 23.0 Å². The zero-order chi connectivity index (χ0) is 5.82. The third kappa shape index (κ3) is 1.87. The van der Waals surface area contributed by atoms with Gasteiger partial charge < -0.3 is 0 Å². The maximum Gasteiger partial charge on any atom is 0.155 e. The maximum atomic E-state index is 4.89. The zero-order valence-corrected chi connectivity index (χ0v) is 6.76. The fourth-order valence-corrected chi connectivity index (χ4v) is 1.33. The molecule has 1 saturated carbocycles. The molecule has 0 saturated heterocycles. The molecule has 3 heteroatoms. The van der Waals surface area contributed by atoms with Gasteiger partial charge in [-0.1, -0.05) is 12.8 Å². The molecule has 0 aliphatic heterocycles. The molecule has 1 aliphatic carbocycles. The van der Waals surface area contributed by atoms with Crippen LogP contribution in [-0.4, -0.2) is 6.10 Å². The van der Waals surface area contributed by atoms with Gasteiger partial charge in [-0.05, 0) is 12.8 Å². The summed E-state index contributed by atoms with van der Waals surface area (Å²) in [5.41, 5.74) is 0. The zero-order valence-electron chi connectivity index (χ0n) is 4.60. The first-order chi connectivity index (χ1) is 3.93. The first-order valence-electron chi connectivity index (χ1n) is 2.87. The Morgan fingerprint density at radius 3 is 2.38 bits per heavy atom. The Morgan fingerprint density at radius 1 is 1.25 bits per heavy atom. The normalized spacial score (nSPS) is 22.1. The molecule has 1 fully saturated rings. The maximum absolute atomic E-state index is 4.89. The molecule has 0 aromatic rings. The van der Waals surface area contributed by atoms with Crippen LogP contribution in [0.1, 0.15) is 25.7 Å². The number of hydrogen-bond donors (Lipinski definition) is 0. The van der Waals surface area contributed by atoms with Crippen LogP contribution in [-0.2, 0) is 8.10 Å². The highest BCUT2D eigenvalue weighted by Gasteiger charge is 2.15. The Morgan fingerprint density at radius 2 is 1.88 bits per heavy atom. The fourth-order valence-electron chi connectivity index (χ4n) is 1.04. The Balaban J connectivity index is 2.06. The third-order valence-electron chi connectivity index (χ3n) is 1.47. The highest BCUT2D eigenvalue weighted by atomic mass is 127. The molecule has 8 heavy (non-hydrogen) atoms. The summed E-state index contributed by atoms with van der Waals surface area (Å²) in [7, 11) is 0. The van der Waals surface area contributed by atoms with Gasteiger partial charge in [0.25, 0.3) is 0 Å². The second kappa shape index (κ2) is 3.63. The van der Waals surface area contributed by atoms with Gasteiger partial charge in [0.2, 0.25) is 0 Å². The molecule has 1 rings (SSSR count). The number of halogens is 1. The molecule has 2 nitrogen and oxygen atoms in total. The summed E-state index contributed by atoms with van der Waals surface area (Å²) in [4.78, 5) is 4.89. The molecule has 0 radical (unpaired) electrons. The van der Waals surface area contributed by atoms with Crippen molar-refractivity contribution in [3.05, 3.63) is 0 Å². The first-order valence-corrected chi connectivity index (χ1v) is 3.75. The summed E-state index contributed by atoms with van der Waals surface area (Å²) < 4.78 is 4.50. The smallest absolute Gasteiger partial charge is 0.155 e. The second-order valence-corrected chi connectivity index (χ2v) is 2.43. The molecule has 0 bridgehead atoms. The van der Waals surface area contributed by atoms with Crippen LogP contribution in [0, 0.1) is 0 Å². The Labute approximate surface area is 63.2 Å². The second-order valence-electron chi connectivity index (χ2n) is 2.07. The molecular weight excluding hydrogens is 219 g/mol. The van der Waals surface area contributed by atoms with Crippen molar-refractivity contribution in [1.82, 2.24) is 0 Å². The van der Waals surface area contributed by atoms with E-state index in [0.29, 0.717) is 6.10 Å². The summed E-state index contributed by atoms with van der Waals surface area (Å²) in [6.45, 7) is 0. The van der Waals surface area contributed by atoms with E-state index in [4.69, 9.17) is 4.89 Å². The largest absolute Gasteiger partial charge is 0.223 e. The molecule has 0 amide bonds. The van der Waals surface area contributed by atoms with Gasteiger partial charge in [0.05, 0.1) is 6.10 Å². The van der Waals surface area contributed by atoms with Crippen LogP contribution in [0.15, 0.2) is 0 Å². The summed E-state index contributed by atoms with van der Waals surface area (Å²) in [6.07, 6.45) is 5.31. The molecule has 48 valence electrons. The minimum atomic E-state index is 0.381. The molecular formula is C5H9IO2. The van der Waals surface area contributed by atoms with E-state index >= 15 is 0 Å². The van der Waals surface area contributed by atoms with Crippen LogP contribution in [0.5, 0.6) is 0 Å². The van der Waals surface area contributed by atoms with Crippen molar-refractivity contribution >= 4 is 23.0 Å².